The van der Waals surface area contributed by atoms with Crippen molar-refractivity contribution in [2.75, 3.05) is 5.32 Å². The fourth-order valence-corrected chi connectivity index (χ4v) is 3.32. The number of carbonyl (C=O) groups is 1. The van der Waals surface area contributed by atoms with Crippen LogP contribution in [0.25, 0.3) is 22.4 Å². The topological polar surface area (TPSA) is 62.0 Å². The molecule has 2 N–H and O–H groups in total. The van der Waals surface area contributed by atoms with E-state index in [-0.39, 0.29) is 5.56 Å². The highest BCUT2D eigenvalue weighted by Gasteiger charge is 2.12. The third-order valence-corrected chi connectivity index (χ3v) is 5.08. The van der Waals surface area contributed by atoms with Gasteiger partial charge >= 0.3 is 0 Å². The molecule has 0 aliphatic heterocycles. The van der Waals surface area contributed by atoms with Gasteiger partial charge in [-0.25, -0.2) is 0 Å². The van der Waals surface area contributed by atoms with E-state index in [2.05, 4.69) is 29.4 Å². The van der Waals surface area contributed by atoms with Crippen LogP contribution in [0.15, 0.2) is 95.8 Å². The zero-order valence-corrected chi connectivity index (χ0v) is 16.7. The molecule has 4 rings (SSSR count). The number of benzene rings is 3. The first-order valence-corrected chi connectivity index (χ1v) is 9.93. The Morgan fingerprint density at radius 3 is 2.03 bits per heavy atom. The average Bonchev–Trinajstić information content (AvgIpc) is 2.80. The van der Waals surface area contributed by atoms with E-state index < -0.39 is 11.5 Å². The number of aryl methyl sites for hydroxylation is 1. The lowest BCUT2D eigenvalue weighted by Crippen LogP contribution is -2.23. The molecule has 4 heteroatoms. The SMILES string of the molecule is CCc1ccc(NC(=O)c2ccc(-c3ccc(-c4ccccc4)cc3)[nH]c2=O)cc1. The Labute approximate surface area is 175 Å². The van der Waals surface area contributed by atoms with Crippen molar-refractivity contribution in [1.82, 2.24) is 4.98 Å². The van der Waals surface area contributed by atoms with Gasteiger partial charge in [0.05, 0.1) is 0 Å². The lowest BCUT2D eigenvalue weighted by Gasteiger charge is -2.08. The van der Waals surface area contributed by atoms with Gasteiger partial charge in [0.25, 0.3) is 11.5 Å². The van der Waals surface area contributed by atoms with E-state index in [0.29, 0.717) is 11.4 Å². The zero-order valence-electron chi connectivity index (χ0n) is 16.7. The number of hydrogen-bond donors (Lipinski definition) is 2. The lowest BCUT2D eigenvalue weighted by molar-refractivity contribution is 0.102. The molecule has 0 aliphatic carbocycles. The molecule has 1 aromatic heterocycles. The smallest absolute Gasteiger partial charge is 0.261 e. The molecule has 148 valence electrons. The van der Waals surface area contributed by atoms with Crippen LogP contribution in [0, 0.1) is 0 Å². The second-order valence-electron chi connectivity index (χ2n) is 7.06. The van der Waals surface area contributed by atoms with E-state index in [4.69, 9.17) is 0 Å². The highest BCUT2D eigenvalue weighted by molar-refractivity contribution is 6.04. The van der Waals surface area contributed by atoms with Crippen molar-refractivity contribution in [1.29, 1.82) is 0 Å². The quantitative estimate of drug-likeness (QED) is 0.468. The molecule has 0 saturated carbocycles. The van der Waals surface area contributed by atoms with Crippen molar-refractivity contribution in [3.8, 4) is 22.4 Å². The molecular weight excluding hydrogens is 372 g/mol. The Morgan fingerprint density at radius 1 is 0.767 bits per heavy atom. The van der Waals surface area contributed by atoms with E-state index in [1.807, 2.05) is 66.7 Å². The molecule has 4 nitrogen and oxygen atoms in total. The number of H-pyrrole nitrogens is 1. The lowest BCUT2D eigenvalue weighted by atomic mass is 10.0. The number of aromatic nitrogens is 1. The number of amides is 1. The predicted molar refractivity (Wildman–Crippen MR) is 122 cm³/mol. The molecule has 0 unspecified atom stereocenters. The molecule has 0 fully saturated rings. The molecule has 0 spiro atoms. The van der Waals surface area contributed by atoms with Crippen LogP contribution in [0.2, 0.25) is 0 Å². The van der Waals surface area contributed by atoms with Gasteiger partial charge in [0.1, 0.15) is 5.56 Å². The molecule has 1 heterocycles. The predicted octanol–water partition coefficient (Wildman–Crippen LogP) is 5.52. The van der Waals surface area contributed by atoms with Crippen LogP contribution < -0.4 is 10.9 Å². The van der Waals surface area contributed by atoms with Crippen LogP contribution in [0.1, 0.15) is 22.8 Å². The van der Waals surface area contributed by atoms with Crippen molar-refractivity contribution in [3.05, 3.63) is 112 Å². The van der Waals surface area contributed by atoms with Crippen molar-refractivity contribution in [2.24, 2.45) is 0 Å². The molecule has 0 bridgehead atoms. The molecule has 30 heavy (non-hydrogen) atoms. The summed E-state index contributed by atoms with van der Waals surface area (Å²) in [5, 5.41) is 2.78. The molecule has 0 radical (unpaired) electrons. The summed E-state index contributed by atoms with van der Waals surface area (Å²) in [4.78, 5) is 27.8. The largest absolute Gasteiger partial charge is 0.322 e. The molecule has 1 amide bonds. The Bertz CT molecular complexity index is 1210. The average molecular weight is 394 g/mol. The first kappa shape index (κ1) is 19.4. The standard InChI is InChI=1S/C26H22N2O2/c1-2-18-8-14-22(15-9-18)27-25(29)23-16-17-24(28-26(23)30)21-12-10-20(11-13-21)19-6-4-3-5-7-19/h3-17H,2H2,1H3,(H,27,29)(H,28,30). The second kappa shape index (κ2) is 8.62. The van der Waals surface area contributed by atoms with Gasteiger partial charge in [-0.3, -0.25) is 9.59 Å². The number of pyridine rings is 1. The van der Waals surface area contributed by atoms with Crippen molar-refractivity contribution < 1.29 is 4.79 Å². The van der Waals surface area contributed by atoms with E-state index in [0.717, 1.165) is 23.1 Å². The number of anilines is 1. The fraction of sp³-hybridized carbons (Fsp3) is 0.0769. The monoisotopic (exact) mass is 394 g/mol. The summed E-state index contributed by atoms with van der Waals surface area (Å²) in [6, 6.07) is 29.0. The van der Waals surface area contributed by atoms with Crippen LogP contribution in [0.5, 0.6) is 0 Å². The summed E-state index contributed by atoms with van der Waals surface area (Å²) in [6.07, 6.45) is 0.932. The number of aromatic amines is 1. The van der Waals surface area contributed by atoms with Gasteiger partial charge in [0.2, 0.25) is 0 Å². The van der Waals surface area contributed by atoms with Gasteiger partial charge in [-0.2, -0.15) is 0 Å². The van der Waals surface area contributed by atoms with E-state index in [9.17, 15) is 9.59 Å². The Morgan fingerprint density at radius 2 is 1.40 bits per heavy atom. The highest BCUT2D eigenvalue weighted by atomic mass is 16.2. The maximum absolute atomic E-state index is 12.5. The second-order valence-corrected chi connectivity index (χ2v) is 7.06. The third-order valence-electron chi connectivity index (χ3n) is 5.08. The van der Waals surface area contributed by atoms with Gasteiger partial charge in [-0.1, -0.05) is 73.7 Å². The summed E-state index contributed by atoms with van der Waals surface area (Å²) in [7, 11) is 0. The summed E-state index contributed by atoms with van der Waals surface area (Å²) in [6.45, 7) is 2.07. The summed E-state index contributed by atoms with van der Waals surface area (Å²) in [5.41, 5.74) is 5.31. The maximum Gasteiger partial charge on any atom is 0.261 e. The molecule has 0 aliphatic rings. The Balaban J connectivity index is 1.52. The summed E-state index contributed by atoms with van der Waals surface area (Å²) < 4.78 is 0. The normalized spacial score (nSPS) is 10.6. The molecule has 4 aromatic rings. The van der Waals surface area contributed by atoms with Gasteiger partial charge in [0.15, 0.2) is 0 Å². The Hall–Kier alpha value is -3.92. The third kappa shape index (κ3) is 4.23. The fourth-order valence-electron chi connectivity index (χ4n) is 3.32. The van der Waals surface area contributed by atoms with Gasteiger partial charge < -0.3 is 10.3 Å². The van der Waals surface area contributed by atoms with Crippen LogP contribution in [-0.4, -0.2) is 10.9 Å². The number of carbonyl (C=O) groups excluding carboxylic acids is 1. The maximum atomic E-state index is 12.5. The van der Waals surface area contributed by atoms with Crippen LogP contribution in [0.4, 0.5) is 5.69 Å². The number of hydrogen-bond acceptors (Lipinski definition) is 2. The minimum absolute atomic E-state index is 0.0826. The Kier molecular flexibility index (Phi) is 5.57. The van der Waals surface area contributed by atoms with Crippen LogP contribution in [0.3, 0.4) is 0 Å². The van der Waals surface area contributed by atoms with Crippen molar-refractivity contribution in [3.63, 3.8) is 0 Å². The first-order chi connectivity index (χ1) is 14.6. The van der Waals surface area contributed by atoms with Crippen LogP contribution >= 0.6 is 0 Å². The van der Waals surface area contributed by atoms with Crippen molar-refractivity contribution >= 4 is 11.6 Å². The molecule has 3 aromatic carbocycles. The van der Waals surface area contributed by atoms with E-state index in [1.165, 1.54) is 5.56 Å². The number of rotatable bonds is 5. The van der Waals surface area contributed by atoms with E-state index in [1.54, 1.807) is 12.1 Å². The highest BCUT2D eigenvalue weighted by Crippen LogP contribution is 2.23. The minimum Gasteiger partial charge on any atom is -0.322 e. The van der Waals surface area contributed by atoms with Crippen LogP contribution in [-0.2, 0) is 6.42 Å². The zero-order chi connectivity index (χ0) is 20.9. The van der Waals surface area contributed by atoms with Crippen molar-refractivity contribution in [2.45, 2.75) is 13.3 Å². The summed E-state index contributed by atoms with van der Waals surface area (Å²) >= 11 is 0. The molecule has 0 saturated heterocycles. The van der Waals surface area contributed by atoms with E-state index >= 15 is 0 Å². The molecular formula is C26H22N2O2. The van der Waals surface area contributed by atoms with Gasteiger partial charge in [-0.15, -0.1) is 0 Å². The summed E-state index contributed by atoms with van der Waals surface area (Å²) in [5.74, 6) is -0.425. The minimum atomic E-state index is -0.425. The van der Waals surface area contributed by atoms with Gasteiger partial charge in [-0.05, 0) is 52.9 Å². The number of nitrogens with one attached hydrogen (secondary N) is 2. The molecule has 0 atom stereocenters. The van der Waals surface area contributed by atoms with Gasteiger partial charge in [0, 0.05) is 11.4 Å². The first-order valence-electron chi connectivity index (χ1n) is 9.93.